The molecule has 0 atom stereocenters. The first kappa shape index (κ1) is 19.7. The fraction of sp³-hybridized carbons (Fsp3) is 0.217. The summed E-state index contributed by atoms with van der Waals surface area (Å²) in [7, 11) is 0. The Labute approximate surface area is 174 Å². The number of imidazole rings is 1. The van der Waals surface area contributed by atoms with Gasteiger partial charge < -0.3 is 20.6 Å². The number of hydrogen-bond donors (Lipinski definition) is 4. The minimum atomic E-state index is -0.232. The summed E-state index contributed by atoms with van der Waals surface area (Å²) >= 11 is 0. The molecule has 4 rings (SSSR count). The van der Waals surface area contributed by atoms with Crippen molar-refractivity contribution in [3.63, 3.8) is 0 Å². The largest absolute Gasteiger partial charge is 0.361 e. The summed E-state index contributed by atoms with van der Waals surface area (Å²) < 4.78 is 13.3. The van der Waals surface area contributed by atoms with Crippen LogP contribution in [-0.2, 0) is 13.0 Å². The molecule has 0 aliphatic carbocycles. The van der Waals surface area contributed by atoms with Gasteiger partial charge in [-0.1, -0.05) is 30.3 Å². The molecule has 0 spiro atoms. The zero-order valence-electron chi connectivity index (χ0n) is 16.9. The number of halogens is 1. The highest BCUT2D eigenvalue weighted by molar-refractivity contribution is 5.83. The van der Waals surface area contributed by atoms with Crippen LogP contribution in [0.5, 0.6) is 0 Å². The Hall–Kier alpha value is -3.61. The summed E-state index contributed by atoms with van der Waals surface area (Å²) in [4.78, 5) is 15.5. The van der Waals surface area contributed by atoms with Gasteiger partial charge >= 0.3 is 0 Å². The van der Waals surface area contributed by atoms with E-state index < -0.39 is 0 Å². The Balaban J connectivity index is 1.36. The van der Waals surface area contributed by atoms with Gasteiger partial charge in [0.05, 0.1) is 11.9 Å². The predicted molar refractivity (Wildman–Crippen MR) is 119 cm³/mol. The summed E-state index contributed by atoms with van der Waals surface area (Å²) in [5.74, 6) is 1.31. The van der Waals surface area contributed by atoms with Gasteiger partial charge in [-0.2, -0.15) is 0 Å². The van der Waals surface area contributed by atoms with Crippen LogP contribution in [0.25, 0.3) is 22.2 Å². The molecule has 0 aliphatic rings. The number of nitrogens with one attached hydrogen (secondary N) is 4. The van der Waals surface area contributed by atoms with Gasteiger partial charge in [-0.05, 0) is 42.7 Å². The molecule has 0 radical (unpaired) electrons. The van der Waals surface area contributed by atoms with Crippen LogP contribution >= 0.6 is 0 Å². The normalized spacial score (nSPS) is 11.7. The van der Waals surface area contributed by atoms with Crippen LogP contribution in [0.2, 0.25) is 0 Å². The number of aliphatic imine (C=N–C) groups is 1. The van der Waals surface area contributed by atoms with E-state index in [9.17, 15) is 4.39 Å². The molecular formula is C23H25FN6. The average molecular weight is 404 g/mol. The second-order valence-electron chi connectivity index (χ2n) is 6.99. The van der Waals surface area contributed by atoms with E-state index in [4.69, 9.17) is 0 Å². The van der Waals surface area contributed by atoms with Crippen LogP contribution in [0.4, 0.5) is 4.39 Å². The molecule has 0 amide bonds. The number of hydrogen-bond acceptors (Lipinski definition) is 2. The van der Waals surface area contributed by atoms with Crippen LogP contribution in [0.15, 0.2) is 65.9 Å². The SMILES string of the molecule is CCNC(=NCc1ncc(-c2ccccc2)[nH]1)NCCc1c[nH]c2cc(F)ccc12. The summed E-state index contributed by atoms with van der Waals surface area (Å²) in [6, 6.07) is 14.9. The fourth-order valence-electron chi connectivity index (χ4n) is 3.38. The van der Waals surface area contributed by atoms with Gasteiger partial charge in [0.2, 0.25) is 0 Å². The fourth-order valence-corrected chi connectivity index (χ4v) is 3.38. The van der Waals surface area contributed by atoms with Crippen molar-refractivity contribution in [3.8, 4) is 11.3 Å². The van der Waals surface area contributed by atoms with Crippen LogP contribution in [0, 0.1) is 5.82 Å². The van der Waals surface area contributed by atoms with Gasteiger partial charge in [0.25, 0.3) is 0 Å². The van der Waals surface area contributed by atoms with E-state index in [0.29, 0.717) is 13.1 Å². The molecule has 7 heteroatoms. The number of rotatable bonds is 7. The van der Waals surface area contributed by atoms with Crippen molar-refractivity contribution >= 4 is 16.9 Å². The second-order valence-corrected chi connectivity index (χ2v) is 6.99. The monoisotopic (exact) mass is 404 g/mol. The molecule has 2 aromatic heterocycles. The Kier molecular flexibility index (Phi) is 6.08. The van der Waals surface area contributed by atoms with Gasteiger partial charge in [-0.15, -0.1) is 0 Å². The van der Waals surface area contributed by atoms with Crippen molar-refractivity contribution in [1.82, 2.24) is 25.6 Å². The van der Waals surface area contributed by atoms with Gasteiger partial charge in [0.15, 0.2) is 5.96 Å². The number of guanidine groups is 1. The first-order valence-electron chi connectivity index (χ1n) is 10.1. The smallest absolute Gasteiger partial charge is 0.191 e. The number of H-pyrrole nitrogens is 2. The molecule has 0 fully saturated rings. The molecule has 0 saturated heterocycles. The van der Waals surface area contributed by atoms with Gasteiger partial charge in [0, 0.05) is 30.2 Å². The minimum absolute atomic E-state index is 0.232. The van der Waals surface area contributed by atoms with E-state index in [-0.39, 0.29) is 5.82 Å². The summed E-state index contributed by atoms with van der Waals surface area (Å²) in [5.41, 5.74) is 4.04. The van der Waals surface area contributed by atoms with Crippen molar-refractivity contribution in [3.05, 3.63) is 78.1 Å². The minimum Gasteiger partial charge on any atom is -0.361 e. The molecule has 2 heterocycles. The van der Waals surface area contributed by atoms with Crippen LogP contribution in [0.1, 0.15) is 18.3 Å². The quantitative estimate of drug-likeness (QED) is 0.278. The highest BCUT2D eigenvalue weighted by Crippen LogP contribution is 2.19. The topological polar surface area (TPSA) is 80.9 Å². The lowest BCUT2D eigenvalue weighted by molar-refractivity contribution is 0.629. The lowest BCUT2D eigenvalue weighted by Crippen LogP contribution is -2.38. The molecule has 6 nitrogen and oxygen atoms in total. The van der Waals surface area contributed by atoms with Crippen molar-refractivity contribution in [2.45, 2.75) is 19.9 Å². The molecular weight excluding hydrogens is 379 g/mol. The number of nitrogens with zero attached hydrogens (tertiary/aromatic N) is 2. The van der Waals surface area contributed by atoms with Gasteiger partial charge in [-0.25, -0.2) is 14.4 Å². The number of benzene rings is 2. The molecule has 0 unspecified atom stereocenters. The Morgan fingerprint density at radius 2 is 2.00 bits per heavy atom. The molecule has 4 aromatic rings. The maximum absolute atomic E-state index is 13.3. The van der Waals surface area contributed by atoms with Crippen molar-refractivity contribution < 1.29 is 4.39 Å². The van der Waals surface area contributed by atoms with Crippen molar-refractivity contribution in [2.75, 3.05) is 13.1 Å². The van der Waals surface area contributed by atoms with E-state index in [0.717, 1.165) is 52.5 Å². The van der Waals surface area contributed by atoms with Crippen LogP contribution in [0.3, 0.4) is 0 Å². The number of aromatic nitrogens is 3. The van der Waals surface area contributed by atoms with Crippen molar-refractivity contribution in [2.24, 2.45) is 4.99 Å². The molecule has 0 aliphatic heterocycles. The van der Waals surface area contributed by atoms with E-state index >= 15 is 0 Å². The van der Waals surface area contributed by atoms with E-state index in [1.807, 2.05) is 55.7 Å². The number of aromatic amines is 2. The molecule has 30 heavy (non-hydrogen) atoms. The lowest BCUT2D eigenvalue weighted by Gasteiger charge is -2.10. The number of fused-ring (bicyclic) bond motifs is 1. The molecule has 2 aromatic carbocycles. The molecule has 4 N–H and O–H groups in total. The maximum atomic E-state index is 13.3. The molecule has 154 valence electrons. The summed E-state index contributed by atoms with van der Waals surface area (Å²) in [6.45, 7) is 3.97. The predicted octanol–water partition coefficient (Wildman–Crippen LogP) is 3.99. The van der Waals surface area contributed by atoms with E-state index in [1.54, 1.807) is 0 Å². The van der Waals surface area contributed by atoms with Gasteiger partial charge in [-0.3, -0.25) is 0 Å². The van der Waals surface area contributed by atoms with Crippen LogP contribution in [-0.4, -0.2) is 34.0 Å². The highest BCUT2D eigenvalue weighted by Gasteiger charge is 2.06. The first-order chi connectivity index (χ1) is 14.7. The highest BCUT2D eigenvalue weighted by atomic mass is 19.1. The summed E-state index contributed by atoms with van der Waals surface area (Å²) in [6.07, 6.45) is 4.57. The average Bonchev–Trinajstić information content (AvgIpc) is 3.40. The third kappa shape index (κ3) is 4.68. The van der Waals surface area contributed by atoms with Crippen molar-refractivity contribution in [1.29, 1.82) is 0 Å². The lowest BCUT2D eigenvalue weighted by atomic mass is 10.1. The molecule has 0 saturated carbocycles. The zero-order valence-corrected chi connectivity index (χ0v) is 16.9. The maximum Gasteiger partial charge on any atom is 0.191 e. The zero-order chi connectivity index (χ0) is 20.8. The third-order valence-corrected chi connectivity index (χ3v) is 4.86. The second kappa shape index (κ2) is 9.26. The standard InChI is InChI=1S/C23H25FN6/c1-2-25-23(26-11-10-17-13-27-20-12-18(24)8-9-19(17)20)29-15-22-28-14-21(30-22)16-6-4-3-5-7-16/h3-9,12-14,27H,2,10-11,15H2,1H3,(H,28,30)(H2,25,26,29). The third-order valence-electron chi connectivity index (χ3n) is 4.86. The van der Waals surface area contributed by atoms with E-state index in [1.165, 1.54) is 12.1 Å². The Morgan fingerprint density at radius 1 is 1.13 bits per heavy atom. The molecule has 0 bridgehead atoms. The first-order valence-corrected chi connectivity index (χ1v) is 10.1. The van der Waals surface area contributed by atoms with E-state index in [2.05, 4.69) is 30.6 Å². The van der Waals surface area contributed by atoms with Crippen LogP contribution < -0.4 is 10.6 Å². The van der Waals surface area contributed by atoms with Gasteiger partial charge in [0.1, 0.15) is 18.2 Å². The Bertz CT molecular complexity index is 1130. The Morgan fingerprint density at radius 3 is 2.83 bits per heavy atom. The summed E-state index contributed by atoms with van der Waals surface area (Å²) in [5, 5.41) is 7.65.